The van der Waals surface area contributed by atoms with Crippen molar-refractivity contribution in [3.8, 4) is 0 Å². The molecule has 0 radical (unpaired) electrons. The lowest BCUT2D eigenvalue weighted by Gasteiger charge is -2.20. The maximum Gasteiger partial charge on any atom is 0.432 e. The van der Waals surface area contributed by atoms with E-state index in [0.717, 1.165) is 29.5 Å². The number of ether oxygens (including phenoxy) is 1. The molecule has 0 bridgehead atoms. The molecule has 1 saturated carbocycles. The number of anilines is 2. The van der Waals surface area contributed by atoms with Crippen molar-refractivity contribution in [3.05, 3.63) is 107 Å². The van der Waals surface area contributed by atoms with Gasteiger partial charge in [-0.15, -0.1) is 0 Å². The molecule has 1 aliphatic carbocycles. The molecule has 1 aliphatic rings. The number of alkyl halides is 3. The first kappa shape index (κ1) is 27.1. The molecule has 0 saturated heterocycles. The predicted molar refractivity (Wildman–Crippen MR) is 142 cm³/mol. The number of amides is 1. The van der Waals surface area contributed by atoms with E-state index in [4.69, 9.17) is 15.9 Å². The largest absolute Gasteiger partial charge is 0.432 e. The second-order valence-corrected chi connectivity index (χ2v) is 9.15. The molecule has 1 fully saturated rings. The first-order valence-electron chi connectivity index (χ1n) is 12.2. The lowest BCUT2D eigenvalue weighted by molar-refractivity contribution is -0.112. The standard InChI is InChI=1S/C29H29F3N4O2/c30-29(31,32)26(34)16-25(35-23-10-4-6-20(14-23)17-33)28(37)36-24-11-5-9-22(15-24)27(38-18-19-12-13-19)21-7-2-1-3-8-21/h1-11,14-16,19,27,34-35H,12-13,17-18,33H2,(H,36,37)/b25-16-,34-26?. The predicted octanol–water partition coefficient (Wildman–Crippen LogP) is 6.18. The van der Waals surface area contributed by atoms with Crippen molar-refractivity contribution >= 4 is 23.0 Å². The van der Waals surface area contributed by atoms with Crippen molar-refractivity contribution in [3.63, 3.8) is 0 Å². The molecule has 4 rings (SSSR count). The van der Waals surface area contributed by atoms with Crippen LogP contribution in [0.25, 0.3) is 0 Å². The number of rotatable bonds is 11. The summed E-state index contributed by atoms with van der Waals surface area (Å²) in [6, 6.07) is 23.4. The first-order valence-corrected chi connectivity index (χ1v) is 12.2. The van der Waals surface area contributed by atoms with Gasteiger partial charge in [-0.05, 0) is 65.8 Å². The molecule has 0 aromatic heterocycles. The molecule has 1 atom stereocenters. The van der Waals surface area contributed by atoms with Crippen LogP contribution in [0.5, 0.6) is 0 Å². The quantitative estimate of drug-likeness (QED) is 0.179. The molecule has 0 spiro atoms. The summed E-state index contributed by atoms with van der Waals surface area (Å²) < 4.78 is 45.6. The van der Waals surface area contributed by atoms with Crippen LogP contribution in [-0.4, -0.2) is 24.4 Å². The van der Waals surface area contributed by atoms with Crippen LogP contribution in [0.4, 0.5) is 24.5 Å². The number of carbonyl (C=O) groups excluding carboxylic acids is 1. The van der Waals surface area contributed by atoms with Gasteiger partial charge in [-0.3, -0.25) is 10.2 Å². The normalized spacial score (nSPS) is 14.6. The van der Waals surface area contributed by atoms with Crippen molar-refractivity contribution in [2.75, 3.05) is 17.2 Å². The highest BCUT2D eigenvalue weighted by Crippen LogP contribution is 2.34. The average Bonchev–Trinajstić information content (AvgIpc) is 3.73. The Balaban J connectivity index is 1.58. The molecule has 198 valence electrons. The van der Waals surface area contributed by atoms with Crippen LogP contribution >= 0.6 is 0 Å². The summed E-state index contributed by atoms with van der Waals surface area (Å²) in [5.41, 5.74) is 6.80. The smallest absolute Gasteiger partial charge is 0.368 e. The lowest BCUT2D eigenvalue weighted by atomic mass is 10.0. The molecular weight excluding hydrogens is 493 g/mol. The fourth-order valence-corrected chi connectivity index (χ4v) is 3.82. The van der Waals surface area contributed by atoms with Gasteiger partial charge < -0.3 is 21.1 Å². The highest BCUT2D eigenvalue weighted by atomic mass is 19.4. The lowest BCUT2D eigenvalue weighted by Crippen LogP contribution is -2.25. The number of benzene rings is 3. The second-order valence-electron chi connectivity index (χ2n) is 9.15. The van der Waals surface area contributed by atoms with Crippen molar-refractivity contribution in [1.29, 1.82) is 5.41 Å². The van der Waals surface area contributed by atoms with Gasteiger partial charge in [-0.1, -0.05) is 54.6 Å². The molecule has 9 heteroatoms. The van der Waals surface area contributed by atoms with Crippen molar-refractivity contribution in [2.24, 2.45) is 11.7 Å². The van der Waals surface area contributed by atoms with E-state index < -0.39 is 23.5 Å². The number of halogens is 3. The van der Waals surface area contributed by atoms with E-state index in [-0.39, 0.29) is 12.6 Å². The van der Waals surface area contributed by atoms with Crippen LogP contribution in [0.1, 0.15) is 35.6 Å². The minimum atomic E-state index is -4.91. The third kappa shape index (κ3) is 7.53. The van der Waals surface area contributed by atoms with Gasteiger partial charge in [-0.25, -0.2) is 0 Å². The minimum absolute atomic E-state index is 0.220. The highest BCUT2D eigenvalue weighted by Gasteiger charge is 2.33. The topological polar surface area (TPSA) is 100 Å². The summed E-state index contributed by atoms with van der Waals surface area (Å²) in [6.07, 6.45) is -2.52. The maximum absolute atomic E-state index is 13.1. The number of hydrogen-bond donors (Lipinski definition) is 4. The minimum Gasteiger partial charge on any atom is -0.368 e. The monoisotopic (exact) mass is 522 g/mol. The first-order chi connectivity index (χ1) is 18.2. The Labute approximate surface area is 219 Å². The highest BCUT2D eigenvalue weighted by molar-refractivity contribution is 6.11. The average molecular weight is 523 g/mol. The van der Waals surface area contributed by atoms with Gasteiger partial charge in [-0.2, -0.15) is 13.2 Å². The molecule has 1 unspecified atom stereocenters. The van der Waals surface area contributed by atoms with Crippen LogP contribution in [0.2, 0.25) is 0 Å². The van der Waals surface area contributed by atoms with Crippen LogP contribution in [0, 0.1) is 11.3 Å². The fourth-order valence-electron chi connectivity index (χ4n) is 3.82. The summed E-state index contributed by atoms with van der Waals surface area (Å²) >= 11 is 0. The van der Waals surface area contributed by atoms with E-state index in [9.17, 15) is 18.0 Å². The molecule has 38 heavy (non-hydrogen) atoms. The Kier molecular flexibility index (Phi) is 8.60. The second kappa shape index (κ2) is 12.1. The fraction of sp³-hybridized carbons (Fsp3) is 0.241. The van der Waals surface area contributed by atoms with Crippen molar-refractivity contribution in [2.45, 2.75) is 31.7 Å². The van der Waals surface area contributed by atoms with E-state index in [1.54, 1.807) is 42.5 Å². The number of nitrogens with two attached hydrogens (primary N) is 1. The Morgan fingerprint density at radius 3 is 2.29 bits per heavy atom. The third-order valence-electron chi connectivity index (χ3n) is 6.03. The van der Waals surface area contributed by atoms with Crippen molar-refractivity contribution in [1.82, 2.24) is 0 Å². The number of hydrogen-bond acceptors (Lipinski definition) is 5. The van der Waals surface area contributed by atoms with Gasteiger partial charge in [0, 0.05) is 17.9 Å². The number of carbonyl (C=O) groups is 1. The number of allylic oxidation sites excluding steroid dienone is 1. The molecule has 0 heterocycles. The Morgan fingerprint density at radius 1 is 0.974 bits per heavy atom. The summed E-state index contributed by atoms with van der Waals surface area (Å²) in [5.74, 6) is -0.283. The molecule has 3 aromatic carbocycles. The Morgan fingerprint density at radius 2 is 1.63 bits per heavy atom. The van der Waals surface area contributed by atoms with Crippen LogP contribution in [-0.2, 0) is 16.1 Å². The molecule has 6 nitrogen and oxygen atoms in total. The van der Waals surface area contributed by atoms with Crippen LogP contribution in [0.3, 0.4) is 0 Å². The van der Waals surface area contributed by atoms with E-state index in [1.165, 1.54) is 0 Å². The van der Waals surface area contributed by atoms with Crippen molar-refractivity contribution < 1.29 is 22.7 Å². The van der Waals surface area contributed by atoms with E-state index in [2.05, 4.69) is 10.6 Å². The summed E-state index contributed by atoms with van der Waals surface area (Å²) in [5, 5.41) is 12.8. The molecule has 0 aliphatic heterocycles. The zero-order valence-corrected chi connectivity index (χ0v) is 20.6. The Hall–Kier alpha value is -3.95. The zero-order valence-electron chi connectivity index (χ0n) is 20.6. The number of nitrogens with one attached hydrogen (secondary N) is 3. The molecular formula is C29H29F3N4O2. The van der Waals surface area contributed by atoms with Gasteiger partial charge in [0.05, 0.1) is 6.61 Å². The SMILES string of the molecule is N=C(/C=C(\Nc1cccc(CN)c1)C(=O)Nc1cccc(C(OCC2CC2)c2ccccc2)c1)C(F)(F)F. The van der Waals surface area contributed by atoms with E-state index in [0.29, 0.717) is 30.0 Å². The molecule has 3 aromatic rings. The summed E-state index contributed by atoms with van der Waals surface area (Å²) in [7, 11) is 0. The Bertz CT molecular complexity index is 1300. The van der Waals surface area contributed by atoms with Gasteiger partial charge in [0.1, 0.15) is 17.5 Å². The van der Waals surface area contributed by atoms with E-state index >= 15 is 0 Å². The zero-order chi connectivity index (χ0) is 27.1. The van der Waals surface area contributed by atoms with Gasteiger partial charge in [0.25, 0.3) is 5.91 Å². The molecule has 1 amide bonds. The molecule has 5 N–H and O–H groups in total. The third-order valence-corrected chi connectivity index (χ3v) is 6.03. The maximum atomic E-state index is 13.1. The van der Waals surface area contributed by atoms with E-state index in [1.807, 2.05) is 36.4 Å². The van der Waals surface area contributed by atoms with Gasteiger partial charge in [0.2, 0.25) is 0 Å². The van der Waals surface area contributed by atoms with Crippen LogP contribution < -0.4 is 16.4 Å². The van der Waals surface area contributed by atoms with Gasteiger partial charge in [0.15, 0.2) is 0 Å². The summed E-state index contributed by atoms with van der Waals surface area (Å²) in [4.78, 5) is 13.1. The summed E-state index contributed by atoms with van der Waals surface area (Å²) in [6.45, 7) is 0.839. The van der Waals surface area contributed by atoms with Gasteiger partial charge >= 0.3 is 6.18 Å². The van der Waals surface area contributed by atoms with Crippen LogP contribution in [0.15, 0.2) is 90.6 Å².